The zero-order valence-electron chi connectivity index (χ0n) is 17.0. The molecular weight excluding hydrogens is 418 g/mol. The number of methoxy groups -OCH3 is 1. The lowest BCUT2D eigenvalue weighted by Crippen LogP contribution is -2.62. The van der Waals surface area contributed by atoms with Crippen LogP contribution in [0.5, 0.6) is 5.75 Å². The van der Waals surface area contributed by atoms with E-state index in [9.17, 15) is 13.2 Å². The van der Waals surface area contributed by atoms with Crippen molar-refractivity contribution < 1.29 is 17.9 Å². The zero-order chi connectivity index (χ0) is 21.6. The van der Waals surface area contributed by atoms with E-state index in [1.54, 1.807) is 24.1 Å². The average molecular weight is 442 g/mol. The number of hydrogen-bond acceptors (Lipinski definition) is 6. The summed E-state index contributed by atoms with van der Waals surface area (Å²) in [5, 5.41) is 3.34. The van der Waals surface area contributed by atoms with Crippen molar-refractivity contribution in [2.24, 2.45) is 0 Å². The normalized spacial score (nSPS) is 19.1. The van der Waals surface area contributed by atoms with Crippen LogP contribution in [0.2, 0.25) is 0 Å². The maximum atomic E-state index is 12.8. The Kier molecular flexibility index (Phi) is 4.63. The molecule has 9 nitrogen and oxygen atoms in total. The Morgan fingerprint density at radius 2 is 1.97 bits per heavy atom. The Balaban J connectivity index is 1.29. The minimum atomic E-state index is -3.66. The highest BCUT2D eigenvalue weighted by atomic mass is 32.2. The zero-order valence-corrected chi connectivity index (χ0v) is 17.8. The molecule has 0 bridgehead atoms. The highest BCUT2D eigenvalue weighted by Gasteiger charge is 2.44. The molecule has 0 aliphatic carbocycles. The molecule has 2 aliphatic heterocycles. The van der Waals surface area contributed by atoms with Crippen LogP contribution in [0.3, 0.4) is 0 Å². The van der Waals surface area contributed by atoms with Gasteiger partial charge >= 0.3 is 0 Å². The van der Waals surface area contributed by atoms with Gasteiger partial charge in [0.1, 0.15) is 22.1 Å². The van der Waals surface area contributed by atoms with E-state index < -0.39 is 15.7 Å². The predicted molar refractivity (Wildman–Crippen MR) is 115 cm³/mol. The number of carbonyl (C=O) groups excluding carboxylic acids is 1. The molecule has 1 spiro atoms. The van der Waals surface area contributed by atoms with Gasteiger partial charge in [0.25, 0.3) is 0 Å². The third-order valence-corrected chi connectivity index (χ3v) is 7.50. The molecule has 2 aromatic carbocycles. The summed E-state index contributed by atoms with van der Waals surface area (Å²) in [6.45, 7) is 0.877. The van der Waals surface area contributed by atoms with Crippen LogP contribution in [0.4, 0.5) is 5.69 Å². The van der Waals surface area contributed by atoms with Crippen LogP contribution < -0.4 is 14.8 Å². The summed E-state index contributed by atoms with van der Waals surface area (Å²) in [7, 11) is -2.12. The number of sulfonamides is 1. The van der Waals surface area contributed by atoms with Crippen molar-refractivity contribution in [1.82, 2.24) is 19.6 Å². The number of rotatable bonds is 3. The first-order valence-electron chi connectivity index (χ1n) is 10.1. The standard InChI is InChI=1S/C21H23N5O4S/c1-30-14-6-7-18-17(12-14)24-21(25-31(18,28)29)8-10-26(11-9-21)20(27)13-19-22-15-4-2-3-5-16(15)23-19/h2-7,12,24-25H,8-11,13H2,1H3,(H,22,23). The van der Waals surface area contributed by atoms with Crippen molar-refractivity contribution in [1.29, 1.82) is 0 Å². The summed E-state index contributed by atoms with van der Waals surface area (Å²) in [5.74, 6) is 1.18. The molecule has 10 heteroatoms. The number of hydrogen-bond donors (Lipinski definition) is 3. The van der Waals surface area contributed by atoms with E-state index in [-0.39, 0.29) is 17.2 Å². The number of ether oxygens (including phenoxy) is 1. The molecule has 3 aromatic rings. The lowest BCUT2D eigenvalue weighted by atomic mass is 9.96. The molecule has 0 unspecified atom stereocenters. The topological polar surface area (TPSA) is 116 Å². The minimum Gasteiger partial charge on any atom is -0.497 e. The number of imidazole rings is 1. The summed E-state index contributed by atoms with van der Waals surface area (Å²) >= 11 is 0. The van der Waals surface area contributed by atoms with E-state index in [4.69, 9.17) is 4.74 Å². The van der Waals surface area contributed by atoms with Crippen LogP contribution in [0.15, 0.2) is 47.4 Å². The Bertz CT molecular complexity index is 1230. The fraction of sp³-hybridized carbons (Fsp3) is 0.333. The molecule has 3 N–H and O–H groups in total. The smallest absolute Gasteiger partial charge is 0.244 e. The molecule has 5 rings (SSSR count). The summed E-state index contributed by atoms with van der Waals surface area (Å²) < 4.78 is 33.6. The number of aromatic amines is 1. The van der Waals surface area contributed by atoms with Crippen molar-refractivity contribution in [3.05, 3.63) is 48.3 Å². The van der Waals surface area contributed by atoms with Gasteiger partial charge in [-0.05, 0) is 24.3 Å². The van der Waals surface area contributed by atoms with E-state index in [1.807, 2.05) is 24.3 Å². The first-order chi connectivity index (χ1) is 14.9. The quantitative estimate of drug-likeness (QED) is 0.571. The fourth-order valence-corrected chi connectivity index (χ4v) is 5.80. The van der Waals surface area contributed by atoms with Gasteiger partial charge in [0.2, 0.25) is 15.9 Å². The van der Waals surface area contributed by atoms with Gasteiger partial charge in [0, 0.05) is 32.0 Å². The van der Waals surface area contributed by atoms with Crippen LogP contribution >= 0.6 is 0 Å². The van der Waals surface area contributed by atoms with Crippen molar-refractivity contribution in [2.75, 3.05) is 25.5 Å². The number of para-hydroxylation sites is 2. The van der Waals surface area contributed by atoms with E-state index in [2.05, 4.69) is 20.0 Å². The maximum absolute atomic E-state index is 12.8. The number of aromatic nitrogens is 2. The fourth-order valence-electron chi connectivity index (χ4n) is 4.27. The number of amides is 1. The Morgan fingerprint density at radius 3 is 2.71 bits per heavy atom. The second-order valence-corrected chi connectivity index (χ2v) is 9.58. The van der Waals surface area contributed by atoms with Crippen molar-refractivity contribution >= 4 is 32.7 Å². The molecule has 162 valence electrons. The summed E-state index contributed by atoms with van der Waals surface area (Å²) in [6, 6.07) is 12.5. The van der Waals surface area contributed by atoms with Crippen molar-refractivity contribution in [3.8, 4) is 5.75 Å². The van der Waals surface area contributed by atoms with Gasteiger partial charge < -0.3 is 19.9 Å². The van der Waals surface area contributed by atoms with Gasteiger partial charge in [0.05, 0.1) is 30.3 Å². The summed E-state index contributed by atoms with van der Waals surface area (Å²) in [4.78, 5) is 22.4. The van der Waals surface area contributed by atoms with E-state index in [0.29, 0.717) is 43.2 Å². The van der Waals surface area contributed by atoms with Gasteiger partial charge in [-0.3, -0.25) is 4.79 Å². The molecule has 1 saturated heterocycles. The number of benzene rings is 2. The average Bonchev–Trinajstić information content (AvgIpc) is 3.15. The number of nitrogens with one attached hydrogen (secondary N) is 3. The number of likely N-dealkylation sites (tertiary alicyclic amines) is 1. The molecule has 1 fully saturated rings. The number of nitrogens with zero attached hydrogens (tertiary/aromatic N) is 2. The van der Waals surface area contributed by atoms with Gasteiger partial charge in [-0.2, -0.15) is 4.72 Å². The van der Waals surface area contributed by atoms with Crippen molar-refractivity contribution in [2.45, 2.75) is 29.8 Å². The number of H-pyrrole nitrogens is 1. The van der Waals surface area contributed by atoms with Gasteiger partial charge in [-0.15, -0.1) is 0 Å². The molecule has 1 aromatic heterocycles. The van der Waals surface area contributed by atoms with Gasteiger partial charge in [-0.1, -0.05) is 12.1 Å². The number of carbonyl (C=O) groups is 1. The van der Waals surface area contributed by atoms with Gasteiger partial charge in [0.15, 0.2) is 0 Å². The lowest BCUT2D eigenvalue weighted by molar-refractivity contribution is -0.132. The van der Waals surface area contributed by atoms with E-state index in [1.165, 1.54) is 6.07 Å². The molecular formula is C21H23N5O4S. The minimum absolute atomic E-state index is 0.0327. The summed E-state index contributed by atoms with van der Waals surface area (Å²) in [5.41, 5.74) is 1.42. The SMILES string of the molecule is COc1ccc2c(c1)NC1(CCN(C(=O)Cc3nc4ccccc4[nH]3)CC1)NS2(=O)=O. The number of anilines is 1. The van der Waals surface area contributed by atoms with Crippen LogP contribution in [0.1, 0.15) is 18.7 Å². The molecule has 0 radical (unpaired) electrons. The molecule has 0 atom stereocenters. The van der Waals surface area contributed by atoms with Crippen LogP contribution in [-0.2, 0) is 21.2 Å². The summed E-state index contributed by atoms with van der Waals surface area (Å²) in [6.07, 6.45) is 1.09. The molecule has 2 aliphatic rings. The van der Waals surface area contributed by atoms with Crippen LogP contribution in [0, 0.1) is 0 Å². The second-order valence-electron chi connectivity index (χ2n) is 7.93. The van der Waals surface area contributed by atoms with Gasteiger partial charge in [-0.25, -0.2) is 13.4 Å². The Morgan fingerprint density at radius 1 is 1.19 bits per heavy atom. The molecule has 1 amide bonds. The number of fused-ring (bicyclic) bond motifs is 2. The first kappa shape index (κ1) is 19.8. The third kappa shape index (κ3) is 3.61. The molecule has 3 heterocycles. The largest absolute Gasteiger partial charge is 0.497 e. The highest BCUT2D eigenvalue weighted by molar-refractivity contribution is 7.89. The lowest BCUT2D eigenvalue weighted by Gasteiger charge is -2.45. The van der Waals surface area contributed by atoms with Crippen LogP contribution in [0.25, 0.3) is 11.0 Å². The second kappa shape index (κ2) is 7.24. The first-order valence-corrected chi connectivity index (χ1v) is 11.6. The highest BCUT2D eigenvalue weighted by Crippen LogP contribution is 2.37. The van der Waals surface area contributed by atoms with Crippen molar-refractivity contribution in [3.63, 3.8) is 0 Å². The van der Waals surface area contributed by atoms with E-state index >= 15 is 0 Å². The number of piperidine rings is 1. The molecule has 31 heavy (non-hydrogen) atoms. The predicted octanol–water partition coefficient (Wildman–Crippen LogP) is 1.84. The Labute approximate surface area is 179 Å². The maximum Gasteiger partial charge on any atom is 0.244 e. The third-order valence-electron chi connectivity index (χ3n) is 5.91. The Hall–Kier alpha value is -3.11. The van der Waals surface area contributed by atoms with E-state index in [0.717, 1.165) is 11.0 Å². The molecule has 0 saturated carbocycles. The van der Waals surface area contributed by atoms with Crippen LogP contribution in [-0.4, -0.2) is 55.1 Å². The monoisotopic (exact) mass is 441 g/mol.